The summed E-state index contributed by atoms with van der Waals surface area (Å²) < 4.78 is 10.4. The van der Waals surface area contributed by atoms with Gasteiger partial charge in [0.2, 0.25) is 0 Å². The van der Waals surface area contributed by atoms with Gasteiger partial charge in [-0.1, -0.05) is 15.9 Å². The van der Waals surface area contributed by atoms with Crippen molar-refractivity contribution in [1.82, 2.24) is 0 Å². The summed E-state index contributed by atoms with van der Waals surface area (Å²) >= 11 is 3.37. The van der Waals surface area contributed by atoms with Gasteiger partial charge in [0, 0.05) is 17.1 Å². The van der Waals surface area contributed by atoms with E-state index in [4.69, 9.17) is 9.47 Å². The second-order valence-electron chi connectivity index (χ2n) is 4.83. The van der Waals surface area contributed by atoms with E-state index in [1.807, 2.05) is 32.9 Å². The molecule has 100 valence electrons. The predicted octanol–water partition coefficient (Wildman–Crippen LogP) is 3.94. The van der Waals surface area contributed by atoms with E-state index in [1.165, 1.54) is 0 Å². The zero-order chi connectivity index (χ0) is 13.8. The standard InChI is InChI=1S/C13H18BrNO3/c1-13(2,3)18-12(16)15-10-5-9(8-14)6-11(7-10)17-4/h5-7H,8H2,1-4H3,(H,15,16). The van der Waals surface area contributed by atoms with Gasteiger partial charge in [0.25, 0.3) is 0 Å². The Bertz CT molecular complexity index is 404. The molecule has 4 nitrogen and oxygen atoms in total. The molecule has 0 saturated heterocycles. The number of methoxy groups -OCH3 is 1. The van der Waals surface area contributed by atoms with Gasteiger partial charge < -0.3 is 9.47 Å². The van der Waals surface area contributed by atoms with Crippen LogP contribution in [0.5, 0.6) is 5.75 Å². The number of anilines is 1. The van der Waals surface area contributed by atoms with Crippen molar-refractivity contribution in [2.75, 3.05) is 12.4 Å². The minimum absolute atomic E-state index is 0.476. The number of hydrogen-bond donors (Lipinski definition) is 1. The molecule has 0 aliphatic heterocycles. The van der Waals surface area contributed by atoms with Gasteiger partial charge in [-0.2, -0.15) is 0 Å². The van der Waals surface area contributed by atoms with Gasteiger partial charge in [0.05, 0.1) is 7.11 Å². The molecular weight excluding hydrogens is 298 g/mol. The van der Waals surface area contributed by atoms with Crippen molar-refractivity contribution >= 4 is 27.7 Å². The molecular formula is C13H18BrNO3. The van der Waals surface area contributed by atoms with Crippen LogP contribution in [0.25, 0.3) is 0 Å². The van der Waals surface area contributed by atoms with Crippen molar-refractivity contribution in [3.63, 3.8) is 0 Å². The molecule has 1 rings (SSSR count). The Hall–Kier alpha value is -1.23. The quantitative estimate of drug-likeness (QED) is 0.859. The Balaban J connectivity index is 2.80. The van der Waals surface area contributed by atoms with E-state index in [2.05, 4.69) is 21.2 Å². The number of hydrogen-bond acceptors (Lipinski definition) is 3. The van der Waals surface area contributed by atoms with Gasteiger partial charge in [-0.25, -0.2) is 4.79 Å². The minimum Gasteiger partial charge on any atom is -0.497 e. The largest absolute Gasteiger partial charge is 0.497 e. The molecule has 0 aromatic heterocycles. The molecule has 0 aliphatic carbocycles. The third-order valence-electron chi connectivity index (χ3n) is 2.00. The van der Waals surface area contributed by atoms with Gasteiger partial charge in [-0.3, -0.25) is 5.32 Å². The second kappa shape index (κ2) is 6.09. The minimum atomic E-state index is -0.513. The van der Waals surface area contributed by atoms with Crippen molar-refractivity contribution in [3.05, 3.63) is 23.8 Å². The summed E-state index contributed by atoms with van der Waals surface area (Å²) in [5, 5.41) is 3.37. The highest BCUT2D eigenvalue weighted by molar-refractivity contribution is 9.08. The first-order valence-electron chi connectivity index (χ1n) is 5.58. The number of nitrogens with one attached hydrogen (secondary N) is 1. The van der Waals surface area contributed by atoms with Crippen LogP contribution in [0, 0.1) is 0 Å². The fourth-order valence-corrected chi connectivity index (χ4v) is 1.67. The third kappa shape index (κ3) is 4.96. The van der Waals surface area contributed by atoms with E-state index >= 15 is 0 Å². The fourth-order valence-electron chi connectivity index (χ4n) is 1.35. The predicted molar refractivity (Wildman–Crippen MR) is 75.5 cm³/mol. The normalized spacial score (nSPS) is 10.9. The molecule has 0 fully saturated rings. The molecule has 18 heavy (non-hydrogen) atoms. The summed E-state index contributed by atoms with van der Waals surface area (Å²) in [6, 6.07) is 5.51. The number of alkyl halides is 1. The van der Waals surface area contributed by atoms with Crippen molar-refractivity contribution in [2.24, 2.45) is 0 Å². The SMILES string of the molecule is COc1cc(CBr)cc(NC(=O)OC(C)(C)C)c1. The zero-order valence-electron chi connectivity index (χ0n) is 11.0. The molecule has 1 aromatic carbocycles. The molecule has 0 radical (unpaired) electrons. The summed E-state index contributed by atoms with van der Waals surface area (Å²) in [4.78, 5) is 11.6. The molecule has 1 N–H and O–H groups in total. The summed E-state index contributed by atoms with van der Waals surface area (Å²) in [6.07, 6.45) is -0.476. The highest BCUT2D eigenvalue weighted by Crippen LogP contribution is 2.23. The van der Waals surface area contributed by atoms with Crippen LogP contribution < -0.4 is 10.1 Å². The Morgan fingerprint density at radius 2 is 2.00 bits per heavy atom. The maximum absolute atomic E-state index is 11.6. The highest BCUT2D eigenvalue weighted by atomic mass is 79.9. The number of amides is 1. The lowest BCUT2D eigenvalue weighted by atomic mass is 10.2. The van der Waals surface area contributed by atoms with Crippen molar-refractivity contribution in [2.45, 2.75) is 31.7 Å². The maximum Gasteiger partial charge on any atom is 0.412 e. The molecule has 0 heterocycles. The van der Waals surface area contributed by atoms with Crippen molar-refractivity contribution in [3.8, 4) is 5.75 Å². The molecule has 5 heteroatoms. The van der Waals surface area contributed by atoms with Crippen molar-refractivity contribution < 1.29 is 14.3 Å². The molecule has 0 aliphatic rings. The van der Waals surface area contributed by atoms with Gasteiger partial charge in [0.15, 0.2) is 0 Å². The number of rotatable bonds is 3. The number of benzene rings is 1. The first kappa shape index (κ1) is 14.8. The van der Waals surface area contributed by atoms with Crippen LogP contribution >= 0.6 is 15.9 Å². The summed E-state index contributed by atoms with van der Waals surface area (Å²) in [5.74, 6) is 0.693. The number of halogens is 1. The Morgan fingerprint density at radius 3 is 2.50 bits per heavy atom. The lowest BCUT2D eigenvalue weighted by molar-refractivity contribution is 0.0636. The Morgan fingerprint density at radius 1 is 1.33 bits per heavy atom. The Labute approximate surface area is 116 Å². The third-order valence-corrected chi connectivity index (χ3v) is 2.65. The van der Waals surface area contributed by atoms with Gasteiger partial charge >= 0.3 is 6.09 Å². The number of ether oxygens (including phenoxy) is 2. The molecule has 0 bridgehead atoms. The number of carbonyl (C=O) groups excluding carboxylic acids is 1. The summed E-state index contributed by atoms with van der Waals surface area (Å²) in [6.45, 7) is 5.46. The van der Waals surface area contributed by atoms with E-state index in [9.17, 15) is 4.79 Å². The molecule has 0 spiro atoms. The smallest absolute Gasteiger partial charge is 0.412 e. The molecule has 1 amide bonds. The van der Waals surface area contributed by atoms with Crippen LogP contribution in [-0.2, 0) is 10.1 Å². The topological polar surface area (TPSA) is 47.6 Å². The lowest BCUT2D eigenvalue weighted by Crippen LogP contribution is -2.27. The van der Waals surface area contributed by atoms with E-state index in [-0.39, 0.29) is 0 Å². The van der Waals surface area contributed by atoms with Crippen LogP contribution in [0.4, 0.5) is 10.5 Å². The fraction of sp³-hybridized carbons (Fsp3) is 0.462. The highest BCUT2D eigenvalue weighted by Gasteiger charge is 2.16. The summed E-state index contributed by atoms with van der Waals surface area (Å²) in [7, 11) is 1.59. The monoisotopic (exact) mass is 315 g/mol. The lowest BCUT2D eigenvalue weighted by Gasteiger charge is -2.20. The van der Waals surface area contributed by atoms with Crippen LogP contribution in [0.2, 0.25) is 0 Å². The second-order valence-corrected chi connectivity index (χ2v) is 5.39. The number of carbonyl (C=O) groups is 1. The average molecular weight is 316 g/mol. The first-order valence-corrected chi connectivity index (χ1v) is 6.70. The summed E-state index contributed by atoms with van der Waals surface area (Å²) in [5.41, 5.74) is 1.15. The molecule has 0 unspecified atom stereocenters. The van der Waals surface area contributed by atoms with Crippen LogP contribution in [-0.4, -0.2) is 18.8 Å². The zero-order valence-corrected chi connectivity index (χ0v) is 12.6. The first-order chi connectivity index (χ1) is 8.34. The van der Waals surface area contributed by atoms with Crippen LogP contribution in [0.15, 0.2) is 18.2 Å². The van der Waals surface area contributed by atoms with E-state index in [0.717, 1.165) is 5.56 Å². The van der Waals surface area contributed by atoms with Gasteiger partial charge in [-0.05, 0) is 38.5 Å². The molecule has 1 aromatic rings. The van der Waals surface area contributed by atoms with E-state index < -0.39 is 11.7 Å². The molecule has 0 saturated carbocycles. The average Bonchev–Trinajstić information content (AvgIpc) is 2.25. The van der Waals surface area contributed by atoms with Crippen LogP contribution in [0.3, 0.4) is 0 Å². The van der Waals surface area contributed by atoms with Crippen LogP contribution in [0.1, 0.15) is 26.3 Å². The Kier molecular flexibility index (Phi) is 5.02. The van der Waals surface area contributed by atoms with E-state index in [0.29, 0.717) is 16.8 Å². The maximum atomic E-state index is 11.6. The van der Waals surface area contributed by atoms with Gasteiger partial charge in [0.1, 0.15) is 11.4 Å². The molecule has 0 atom stereocenters. The van der Waals surface area contributed by atoms with Crippen molar-refractivity contribution in [1.29, 1.82) is 0 Å². The van der Waals surface area contributed by atoms with E-state index in [1.54, 1.807) is 13.2 Å². The van der Waals surface area contributed by atoms with Gasteiger partial charge in [-0.15, -0.1) is 0 Å².